The molecule has 0 aliphatic carbocycles. The third-order valence-corrected chi connectivity index (χ3v) is 2.42. The molecular formula is C12H6ClF2NO. The summed E-state index contributed by atoms with van der Waals surface area (Å²) in [5.74, 6) is -2.03. The number of halogens is 3. The van der Waals surface area contributed by atoms with E-state index in [9.17, 15) is 13.6 Å². The van der Waals surface area contributed by atoms with Crippen molar-refractivity contribution in [1.29, 1.82) is 0 Å². The largest absolute Gasteiger partial charge is 0.298 e. The fourth-order valence-corrected chi connectivity index (χ4v) is 1.62. The molecule has 0 atom stereocenters. The van der Waals surface area contributed by atoms with E-state index >= 15 is 0 Å². The first-order valence-corrected chi connectivity index (χ1v) is 5.06. The Bertz CT molecular complexity index is 587. The Morgan fingerprint density at radius 3 is 2.76 bits per heavy atom. The molecule has 0 spiro atoms. The Kier molecular flexibility index (Phi) is 3.15. The summed E-state index contributed by atoms with van der Waals surface area (Å²) in [4.78, 5) is 14.7. The van der Waals surface area contributed by atoms with Crippen molar-refractivity contribution < 1.29 is 13.6 Å². The number of carbonyl (C=O) groups is 1. The minimum Gasteiger partial charge on any atom is -0.298 e. The molecule has 0 bridgehead atoms. The maximum atomic E-state index is 13.5. The molecule has 0 aliphatic rings. The standard InChI is InChI=1S/C12H6ClF2NO/c13-8-4-7(6-17)12(16-5-8)9-2-1-3-10(14)11(9)15/h1-6H. The van der Waals surface area contributed by atoms with Gasteiger partial charge in [0, 0.05) is 17.3 Å². The van der Waals surface area contributed by atoms with Gasteiger partial charge in [-0.2, -0.15) is 0 Å². The number of pyridine rings is 1. The van der Waals surface area contributed by atoms with Crippen LogP contribution in [-0.4, -0.2) is 11.3 Å². The summed E-state index contributed by atoms with van der Waals surface area (Å²) in [6, 6.07) is 5.04. The van der Waals surface area contributed by atoms with Gasteiger partial charge in [0.2, 0.25) is 0 Å². The van der Waals surface area contributed by atoms with E-state index in [0.717, 1.165) is 6.07 Å². The average Bonchev–Trinajstić information content (AvgIpc) is 2.33. The van der Waals surface area contributed by atoms with E-state index in [0.29, 0.717) is 6.29 Å². The Hall–Kier alpha value is -1.81. The molecule has 0 radical (unpaired) electrons. The van der Waals surface area contributed by atoms with Gasteiger partial charge in [-0.25, -0.2) is 8.78 Å². The molecule has 0 saturated carbocycles. The summed E-state index contributed by atoms with van der Waals surface area (Å²) in [7, 11) is 0. The molecule has 2 rings (SSSR count). The summed E-state index contributed by atoms with van der Waals surface area (Å²) in [6.07, 6.45) is 1.77. The number of aromatic nitrogens is 1. The van der Waals surface area contributed by atoms with E-state index in [1.165, 1.54) is 24.4 Å². The zero-order chi connectivity index (χ0) is 12.4. The molecule has 2 nitrogen and oxygen atoms in total. The number of rotatable bonds is 2. The second-order valence-corrected chi connectivity index (χ2v) is 3.75. The molecule has 5 heteroatoms. The molecule has 0 N–H and O–H groups in total. The van der Waals surface area contributed by atoms with Crippen LogP contribution in [0.2, 0.25) is 5.02 Å². The highest BCUT2D eigenvalue weighted by Crippen LogP contribution is 2.26. The van der Waals surface area contributed by atoms with E-state index in [1.54, 1.807) is 0 Å². The van der Waals surface area contributed by atoms with Gasteiger partial charge < -0.3 is 0 Å². The molecule has 0 fully saturated rings. The van der Waals surface area contributed by atoms with Crippen molar-refractivity contribution in [2.45, 2.75) is 0 Å². The molecule has 17 heavy (non-hydrogen) atoms. The van der Waals surface area contributed by atoms with E-state index in [1.807, 2.05) is 0 Å². The Balaban J connectivity index is 2.68. The van der Waals surface area contributed by atoms with Crippen molar-refractivity contribution >= 4 is 17.9 Å². The van der Waals surface area contributed by atoms with Crippen molar-refractivity contribution in [3.63, 3.8) is 0 Å². The Labute approximate surface area is 101 Å². The molecule has 1 aromatic heterocycles. The van der Waals surface area contributed by atoms with Crippen LogP contribution in [-0.2, 0) is 0 Å². The molecule has 0 amide bonds. The summed E-state index contributed by atoms with van der Waals surface area (Å²) >= 11 is 5.66. The number of hydrogen-bond acceptors (Lipinski definition) is 2. The predicted molar refractivity (Wildman–Crippen MR) is 60.0 cm³/mol. The molecule has 0 unspecified atom stereocenters. The van der Waals surface area contributed by atoms with Crippen LogP contribution >= 0.6 is 11.6 Å². The first-order valence-electron chi connectivity index (χ1n) is 4.68. The van der Waals surface area contributed by atoms with E-state index in [-0.39, 0.29) is 21.8 Å². The topological polar surface area (TPSA) is 30.0 Å². The lowest BCUT2D eigenvalue weighted by molar-refractivity contribution is 0.112. The number of aldehydes is 1. The summed E-state index contributed by atoms with van der Waals surface area (Å²) < 4.78 is 26.6. The van der Waals surface area contributed by atoms with Gasteiger partial charge in [0.1, 0.15) is 0 Å². The third kappa shape index (κ3) is 2.17. The van der Waals surface area contributed by atoms with E-state index in [2.05, 4.69) is 4.98 Å². The van der Waals surface area contributed by atoms with Gasteiger partial charge in [-0.15, -0.1) is 0 Å². The third-order valence-electron chi connectivity index (χ3n) is 2.22. The molecular weight excluding hydrogens is 248 g/mol. The van der Waals surface area contributed by atoms with Gasteiger partial charge >= 0.3 is 0 Å². The van der Waals surface area contributed by atoms with Crippen molar-refractivity contribution in [3.8, 4) is 11.3 Å². The zero-order valence-electron chi connectivity index (χ0n) is 8.45. The van der Waals surface area contributed by atoms with Crippen molar-refractivity contribution in [2.24, 2.45) is 0 Å². The fourth-order valence-electron chi connectivity index (χ4n) is 1.46. The molecule has 0 aliphatic heterocycles. The highest BCUT2D eigenvalue weighted by molar-refractivity contribution is 6.30. The van der Waals surface area contributed by atoms with Crippen molar-refractivity contribution in [2.75, 3.05) is 0 Å². The second kappa shape index (κ2) is 4.59. The monoisotopic (exact) mass is 253 g/mol. The van der Waals surface area contributed by atoms with Crippen LogP contribution in [0.5, 0.6) is 0 Å². The van der Waals surface area contributed by atoms with Crippen LogP contribution in [0.1, 0.15) is 10.4 Å². The van der Waals surface area contributed by atoms with Crippen LogP contribution in [0, 0.1) is 11.6 Å². The normalized spacial score (nSPS) is 10.3. The lowest BCUT2D eigenvalue weighted by Gasteiger charge is -2.06. The first kappa shape index (κ1) is 11.7. The molecule has 0 saturated heterocycles. The number of carbonyl (C=O) groups excluding carboxylic acids is 1. The van der Waals surface area contributed by atoms with Gasteiger partial charge in [-0.3, -0.25) is 9.78 Å². The van der Waals surface area contributed by atoms with Gasteiger partial charge in [-0.1, -0.05) is 17.7 Å². The lowest BCUT2D eigenvalue weighted by Crippen LogP contribution is -1.96. The highest BCUT2D eigenvalue weighted by Gasteiger charge is 2.14. The maximum absolute atomic E-state index is 13.5. The van der Waals surface area contributed by atoms with Gasteiger partial charge in [0.05, 0.1) is 10.7 Å². The number of hydrogen-bond donors (Lipinski definition) is 0. The molecule has 2 aromatic rings. The summed E-state index contributed by atoms with van der Waals surface area (Å²) in [6.45, 7) is 0. The summed E-state index contributed by atoms with van der Waals surface area (Å²) in [5, 5.41) is 0.257. The summed E-state index contributed by atoms with van der Waals surface area (Å²) in [5.41, 5.74) is 0.118. The minimum atomic E-state index is -1.04. The van der Waals surface area contributed by atoms with Crippen molar-refractivity contribution in [1.82, 2.24) is 4.98 Å². The van der Waals surface area contributed by atoms with Crippen LogP contribution < -0.4 is 0 Å². The Morgan fingerprint density at radius 1 is 1.29 bits per heavy atom. The average molecular weight is 254 g/mol. The molecule has 1 heterocycles. The second-order valence-electron chi connectivity index (χ2n) is 3.31. The number of nitrogens with zero attached hydrogens (tertiary/aromatic N) is 1. The molecule has 1 aromatic carbocycles. The van der Waals surface area contributed by atoms with Crippen LogP contribution in [0.3, 0.4) is 0 Å². The SMILES string of the molecule is O=Cc1cc(Cl)cnc1-c1cccc(F)c1F. The van der Waals surface area contributed by atoms with E-state index < -0.39 is 11.6 Å². The van der Waals surface area contributed by atoms with Crippen LogP contribution in [0.15, 0.2) is 30.5 Å². The minimum absolute atomic E-state index is 0.0660. The first-order chi connectivity index (χ1) is 8.13. The molecule has 86 valence electrons. The highest BCUT2D eigenvalue weighted by atomic mass is 35.5. The lowest BCUT2D eigenvalue weighted by atomic mass is 10.1. The quantitative estimate of drug-likeness (QED) is 0.767. The van der Waals surface area contributed by atoms with Gasteiger partial charge in [0.25, 0.3) is 0 Å². The number of benzene rings is 1. The maximum Gasteiger partial charge on any atom is 0.168 e. The zero-order valence-corrected chi connectivity index (χ0v) is 9.21. The van der Waals surface area contributed by atoms with E-state index in [4.69, 9.17) is 11.6 Å². The fraction of sp³-hybridized carbons (Fsp3) is 0. The van der Waals surface area contributed by atoms with Crippen molar-refractivity contribution in [3.05, 3.63) is 52.7 Å². The Morgan fingerprint density at radius 2 is 2.06 bits per heavy atom. The van der Waals surface area contributed by atoms with Gasteiger partial charge in [-0.05, 0) is 18.2 Å². The van der Waals surface area contributed by atoms with Crippen LogP contribution in [0.25, 0.3) is 11.3 Å². The predicted octanol–water partition coefficient (Wildman–Crippen LogP) is 3.49. The smallest absolute Gasteiger partial charge is 0.168 e. The van der Waals surface area contributed by atoms with Crippen LogP contribution in [0.4, 0.5) is 8.78 Å². The van der Waals surface area contributed by atoms with Gasteiger partial charge in [0.15, 0.2) is 17.9 Å².